The highest BCUT2D eigenvalue weighted by atomic mass is 32.2. The summed E-state index contributed by atoms with van der Waals surface area (Å²) in [6.07, 6.45) is 0.917. The fourth-order valence-corrected chi connectivity index (χ4v) is 7.14. The summed E-state index contributed by atoms with van der Waals surface area (Å²) in [5.74, 6) is 0.972. The Morgan fingerprint density at radius 1 is 1.09 bits per heavy atom. The van der Waals surface area contributed by atoms with Crippen molar-refractivity contribution in [2.75, 3.05) is 29.2 Å². The van der Waals surface area contributed by atoms with E-state index in [1.807, 2.05) is 52.0 Å². The van der Waals surface area contributed by atoms with Crippen molar-refractivity contribution in [3.05, 3.63) is 76.8 Å². The highest BCUT2D eigenvalue weighted by Crippen LogP contribution is 2.50. The number of amides is 1. The zero-order chi connectivity index (χ0) is 31.4. The summed E-state index contributed by atoms with van der Waals surface area (Å²) in [6.45, 7) is 9.02. The largest absolute Gasteiger partial charge is 0.494 e. The van der Waals surface area contributed by atoms with Gasteiger partial charge < -0.3 is 20.5 Å². The second kappa shape index (κ2) is 13.1. The minimum Gasteiger partial charge on any atom is -0.494 e. The predicted octanol–water partition coefficient (Wildman–Crippen LogP) is 6.01. The molecule has 2 aliphatic rings. The lowest BCUT2D eigenvalue weighted by Gasteiger charge is -2.42. The number of ketones is 1. The Hall–Kier alpha value is -4.34. The lowest BCUT2D eigenvalue weighted by molar-refractivity contribution is -0.118. The van der Waals surface area contributed by atoms with Gasteiger partial charge in [-0.2, -0.15) is 5.26 Å². The van der Waals surface area contributed by atoms with Gasteiger partial charge in [0.05, 0.1) is 36.5 Å². The first-order chi connectivity index (χ1) is 21.1. The van der Waals surface area contributed by atoms with Gasteiger partial charge in [0, 0.05) is 23.4 Å². The number of rotatable bonds is 10. The number of Topliss-reactive ketones (excluding diaryl/α,β-unsaturated/α-hetero) is 1. The van der Waals surface area contributed by atoms with Crippen LogP contribution in [-0.4, -0.2) is 40.9 Å². The lowest BCUT2D eigenvalue weighted by atomic mass is 9.68. The molecule has 1 aliphatic heterocycles. The van der Waals surface area contributed by atoms with Crippen molar-refractivity contribution in [1.82, 2.24) is 10.2 Å². The average molecular weight is 631 g/mol. The maximum Gasteiger partial charge on any atom is 0.234 e. The number of hydrogen-bond donors (Lipinski definition) is 2. The van der Waals surface area contributed by atoms with Gasteiger partial charge in [0.15, 0.2) is 10.1 Å². The second-order valence-electron chi connectivity index (χ2n) is 11.1. The standard InChI is InChI=1S/C32H34N6O4S2/c1-5-41-21-11-7-19(8-12-21)27-23(17-33)29(34)38(24-15-32(3,4)16-25(39)28(24)27)30-36-37-31(44-30)43-18-26(40)35-20-9-13-22(14-10-20)42-6-2/h7-14,27H,5-6,15-16,18,34H2,1-4H3,(H,35,40). The molecule has 228 valence electrons. The van der Waals surface area contributed by atoms with Crippen LogP contribution in [0.25, 0.3) is 0 Å². The number of ether oxygens (including phenoxy) is 2. The Kier molecular flexibility index (Phi) is 9.27. The Labute approximate surface area is 264 Å². The fourth-order valence-electron chi connectivity index (χ4n) is 5.46. The van der Waals surface area contributed by atoms with E-state index in [1.54, 1.807) is 29.2 Å². The fraction of sp³-hybridized carbons (Fsp3) is 0.344. The summed E-state index contributed by atoms with van der Waals surface area (Å²) >= 11 is 2.51. The molecule has 0 saturated heterocycles. The third-order valence-corrected chi connectivity index (χ3v) is 9.31. The number of allylic oxidation sites excluding steroid dienone is 3. The maximum absolute atomic E-state index is 13.8. The van der Waals surface area contributed by atoms with Crippen molar-refractivity contribution >= 4 is 45.6 Å². The molecule has 1 amide bonds. The molecular weight excluding hydrogens is 597 g/mol. The molecule has 1 aromatic heterocycles. The number of carbonyl (C=O) groups excluding carboxylic acids is 2. The Balaban J connectivity index is 1.41. The second-order valence-corrected chi connectivity index (χ2v) is 13.3. The third-order valence-electron chi connectivity index (χ3n) is 7.27. The Bertz CT molecular complexity index is 1650. The van der Waals surface area contributed by atoms with Crippen LogP contribution in [0.15, 0.2) is 75.5 Å². The van der Waals surface area contributed by atoms with Gasteiger partial charge in [-0.15, -0.1) is 10.2 Å². The number of thioether (sulfide) groups is 1. The van der Waals surface area contributed by atoms with E-state index in [-0.39, 0.29) is 34.3 Å². The first kappa shape index (κ1) is 31.1. The van der Waals surface area contributed by atoms with Gasteiger partial charge in [-0.05, 0) is 67.6 Å². The normalized spacial score (nSPS) is 17.7. The average Bonchev–Trinajstić information content (AvgIpc) is 3.45. The monoisotopic (exact) mass is 630 g/mol. The molecule has 5 rings (SSSR count). The first-order valence-electron chi connectivity index (χ1n) is 14.3. The zero-order valence-corrected chi connectivity index (χ0v) is 26.7. The number of nitrogens with two attached hydrogens (primary N) is 1. The molecule has 3 N–H and O–H groups in total. The molecule has 10 nitrogen and oxygen atoms in total. The van der Waals surface area contributed by atoms with E-state index >= 15 is 0 Å². The van der Waals surface area contributed by atoms with Crippen molar-refractivity contribution in [1.29, 1.82) is 5.26 Å². The van der Waals surface area contributed by atoms with E-state index in [0.29, 0.717) is 52.5 Å². The Morgan fingerprint density at radius 3 is 2.34 bits per heavy atom. The number of anilines is 2. The number of carbonyl (C=O) groups is 2. The molecule has 1 unspecified atom stereocenters. The van der Waals surface area contributed by atoms with Crippen LogP contribution < -0.4 is 25.4 Å². The topological polar surface area (TPSA) is 143 Å². The van der Waals surface area contributed by atoms with Crippen molar-refractivity contribution < 1.29 is 19.1 Å². The highest BCUT2D eigenvalue weighted by Gasteiger charge is 2.45. The molecule has 1 atom stereocenters. The van der Waals surface area contributed by atoms with Gasteiger partial charge in [0.25, 0.3) is 0 Å². The van der Waals surface area contributed by atoms with E-state index < -0.39 is 5.92 Å². The smallest absolute Gasteiger partial charge is 0.234 e. The van der Waals surface area contributed by atoms with E-state index in [9.17, 15) is 14.9 Å². The molecular formula is C32H34N6O4S2. The quantitative estimate of drug-likeness (QED) is 0.256. The summed E-state index contributed by atoms with van der Waals surface area (Å²) in [5.41, 5.74) is 9.43. The van der Waals surface area contributed by atoms with E-state index in [4.69, 9.17) is 15.2 Å². The van der Waals surface area contributed by atoms with Crippen molar-refractivity contribution in [3.8, 4) is 17.6 Å². The van der Waals surface area contributed by atoms with E-state index in [2.05, 4.69) is 21.6 Å². The van der Waals surface area contributed by atoms with Gasteiger partial charge >= 0.3 is 0 Å². The number of benzene rings is 2. The van der Waals surface area contributed by atoms with Crippen molar-refractivity contribution in [2.24, 2.45) is 11.1 Å². The molecule has 0 fully saturated rings. The van der Waals surface area contributed by atoms with Gasteiger partial charge in [-0.1, -0.05) is 49.1 Å². The molecule has 2 aromatic carbocycles. The summed E-state index contributed by atoms with van der Waals surface area (Å²) < 4.78 is 11.6. The Morgan fingerprint density at radius 2 is 1.73 bits per heavy atom. The molecule has 0 saturated carbocycles. The third kappa shape index (κ3) is 6.59. The summed E-state index contributed by atoms with van der Waals surface area (Å²) in [4.78, 5) is 28.1. The SMILES string of the molecule is CCOc1ccc(NC(=O)CSc2nnc(N3C(N)=C(C#N)C(c4ccc(OCC)cc4)C4=C3CC(C)(C)CC4=O)s2)cc1. The minimum atomic E-state index is -0.599. The molecule has 2 heterocycles. The summed E-state index contributed by atoms with van der Waals surface area (Å²) in [5, 5.41) is 22.3. The molecule has 44 heavy (non-hydrogen) atoms. The molecule has 0 bridgehead atoms. The maximum atomic E-state index is 13.8. The molecule has 0 radical (unpaired) electrons. The van der Waals surface area contributed by atoms with Crippen molar-refractivity contribution in [2.45, 2.75) is 50.8 Å². The van der Waals surface area contributed by atoms with Crippen LogP contribution in [0.1, 0.15) is 52.0 Å². The molecule has 3 aromatic rings. The van der Waals surface area contributed by atoms with E-state index in [1.165, 1.54) is 23.1 Å². The van der Waals surface area contributed by atoms with E-state index in [0.717, 1.165) is 17.0 Å². The first-order valence-corrected chi connectivity index (χ1v) is 16.1. The lowest BCUT2D eigenvalue weighted by Crippen LogP contribution is -2.42. The van der Waals surface area contributed by atoms with Crippen LogP contribution in [-0.2, 0) is 9.59 Å². The van der Waals surface area contributed by atoms with Gasteiger partial charge in [0.2, 0.25) is 11.0 Å². The van der Waals surface area contributed by atoms with Crippen LogP contribution in [0.4, 0.5) is 10.8 Å². The number of hydrogen-bond acceptors (Lipinski definition) is 11. The van der Waals surface area contributed by atoms with Crippen LogP contribution in [0, 0.1) is 16.7 Å². The highest BCUT2D eigenvalue weighted by molar-refractivity contribution is 8.01. The van der Waals surface area contributed by atoms with Gasteiger partial charge in [-0.3, -0.25) is 14.5 Å². The number of nitrogens with one attached hydrogen (secondary N) is 1. The van der Waals surface area contributed by atoms with Crippen LogP contribution in [0.3, 0.4) is 0 Å². The zero-order valence-electron chi connectivity index (χ0n) is 25.0. The molecule has 0 spiro atoms. The van der Waals surface area contributed by atoms with Crippen LogP contribution in [0.2, 0.25) is 0 Å². The van der Waals surface area contributed by atoms with Crippen molar-refractivity contribution in [3.63, 3.8) is 0 Å². The summed E-state index contributed by atoms with van der Waals surface area (Å²) in [6, 6.07) is 16.9. The van der Waals surface area contributed by atoms with Gasteiger partial charge in [0.1, 0.15) is 17.3 Å². The predicted molar refractivity (Wildman–Crippen MR) is 172 cm³/mol. The summed E-state index contributed by atoms with van der Waals surface area (Å²) in [7, 11) is 0. The molecule has 12 heteroatoms. The minimum absolute atomic E-state index is 0.0227. The van der Waals surface area contributed by atoms with Crippen LogP contribution >= 0.6 is 23.1 Å². The number of nitrogens with zero attached hydrogens (tertiary/aromatic N) is 4. The van der Waals surface area contributed by atoms with Gasteiger partial charge in [-0.25, -0.2) is 0 Å². The van der Waals surface area contributed by atoms with Crippen LogP contribution in [0.5, 0.6) is 11.5 Å². The molecule has 1 aliphatic carbocycles. The number of nitriles is 1. The number of aromatic nitrogens is 2.